The Morgan fingerprint density at radius 2 is 0.950 bits per heavy atom. The third-order valence-electron chi connectivity index (χ3n) is 1.01. The van der Waals surface area contributed by atoms with Gasteiger partial charge in [0.05, 0.1) is 0 Å². The minimum Gasteiger partial charge on any atom is -0.244 e. The molecule has 0 saturated carbocycles. The van der Waals surface area contributed by atoms with Gasteiger partial charge in [-0.15, -0.1) is 4.94 Å². The molecule has 0 rings (SSSR count). The second-order valence-electron chi connectivity index (χ2n) is 2.43. The Hall–Kier alpha value is -0.880. The van der Waals surface area contributed by atoms with Crippen LogP contribution in [0.2, 0.25) is 0 Å². The second-order valence-corrected chi connectivity index (χ2v) is 2.43. The number of halogens is 12. The van der Waals surface area contributed by atoms with Crippen molar-refractivity contribution in [2.24, 2.45) is 0 Å². The average molecular weight is 338 g/mol. The van der Waals surface area contributed by atoms with Crippen LogP contribution >= 0.6 is 0 Å². The van der Waals surface area contributed by atoms with Crippen molar-refractivity contribution in [3.05, 3.63) is 0 Å². The van der Waals surface area contributed by atoms with E-state index in [9.17, 15) is 52.8 Å². The maximum atomic E-state index is 11.2. The van der Waals surface area contributed by atoms with E-state index in [1.54, 1.807) is 0 Å². The van der Waals surface area contributed by atoms with Crippen LogP contribution in [0.4, 0.5) is 52.8 Å². The molecular weight excluding hydrogens is 328 g/mol. The first kappa shape index (κ1) is 27.5. The highest BCUT2D eigenvalue weighted by Crippen LogP contribution is 2.36. The number of hydrogen-bond acceptors (Lipinski definition) is 1. The highest BCUT2D eigenvalue weighted by molar-refractivity contribution is 4.73. The molecule has 0 spiro atoms. The summed E-state index contributed by atoms with van der Waals surface area (Å²) in [6.07, 6.45) is -17.4. The predicted octanol–water partition coefficient (Wildman–Crippen LogP) is 5.47. The molecule has 0 bridgehead atoms. The molecule has 0 aliphatic rings. The van der Waals surface area contributed by atoms with Crippen LogP contribution in [0.25, 0.3) is 0 Å². The van der Waals surface area contributed by atoms with E-state index >= 15 is 0 Å². The molecule has 0 fully saturated rings. The van der Waals surface area contributed by atoms with Crippen LogP contribution in [-0.2, 0) is 4.94 Å². The Morgan fingerprint density at radius 1 is 0.650 bits per heavy atom. The summed E-state index contributed by atoms with van der Waals surface area (Å²) in [7, 11) is 0. The van der Waals surface area contributed by atoms with Crippen LogP contribution in [0.3, 0.4) is 0 Å². The Labute approximate surface area is 105 Å². The van der Waals surface area contributed by atoms with Crippen molar-refractivity contribution < 1.29 is 57.8 Å². The highest BCUT2D eigenvalue weighted by Gasteiger charge is 2.61. The van der Waals surface area contributed by atoms with E-state index in [4.69, 9.17) is 0 Å². The first-order valence-electron chi connectivity index (χ1n) is 3.37. The largest absolute Gasteiger partial charge is 0.485 e. The van der Waals surface area contributed by atoms with Crippen LogP contribution in [0.1, 0.15) is 14.9 Å². The molecule has 0 aromatic carbocycles. The highest BCUT2D eigenvalue weighted by atomic mass is 19.4. The third kappa shape index (κ3) is 8.32. The molecule has 0 radical (unpaired) electrons. The summed E-state index contributed by atoms with van der Waals surface area (Å²) in [5, 5.41) is 0. The van der Waals surface area contributed by atoms with E-state index in [2.05, 4.69) is 0 Å². The fourth-order valence-corrected chi connectivity index (χ4v) is 0.120. The first-order chi connectivity index (χ1) is 7.62. The Bertz CT molecular complexity index is 215. The van der Waals surface area contributed by atoms with Gasteiger partial charge in [-0.1, -0.05) is 14.9 Å². The van der Waals surface area contributed by atoms with Crippen molar-refractivity contribution in [3.8, 4) is 0 Å². The van der Waals surface area contributed by atoms with Gasteiger partial charge in [-0.3, -0.25) is 0 Å². The van der Waals surface area contributed by atoms with Gasteiger partial charge in [0.15, 0.2) is 6.67 Å². The topological polar surface area (TPSA) is 9.23 Å². The molecule has 0 N–H and O–H groups in total. The minimum atomic E-state index is -5.98. The van der Waals surface area contributed by atoms with Gasteiger partial charge in [-0.25, -0.2) is 4.39 Å². The lowest BCUT2D eigenvalue weighted by Crippen LogP contribution is -2.38. The summed E-state index contributed by atoms with van der Waals surface area (Å²) < 4.78 is 130. The monoisotopic (exact) mass is 338 g/mol. The van der Waals surface area contributed by atoms with Crippen molar-refractivity contribution in [3.63, 3.8) is 0 Å². The molecular formula is C7H10F12O. The van der Waals surface area contributed by atoms with Gasteiger partial charge in [0.25, 0.3) is 0 Å². The summed E-state index contributed by atoms with van der Waals surface area (Å²) in [5.41, 5.74) is 0. The molecule has 0 saturated heterocycles. The van der Waals surface area contributed by atoms with Gasteiger partial charge in [-0.2, -0.15) is 43.9 Å². The molecule has 20 heavy (non-hydrogen) atoms. The molecule has 0 aromatic heterocycles. The summed E-state index contributed by atoms with van der Waals surface area (Å²) in [6.45, 7) is -2.70. The van der Waals surface area contributed by atoms with Crippen LogP contribution in [0.5, 0.6) is 0 Å². The van der Waals surface area contributed by atoms with Crippen LogP contribution in [0.15, 0.2) is 0 Å². The third-order valence-corrected chi connectivity index (χ3v) is 1.01. The Morgan fingerprint density at radius 3 is 0.950 bits per heavy atom. The van der Waals surface area contributed by atoms with E-state index in [1.165, 1.54) is 4.94 Å². The summed E-state index contributed by atoms with van der Waals surface area (Å²) in [4.78, 5) is 1.34. The average Bonchev–Trinajstić information content (AvgIpc) is 2.15. The minimum absolute atomic E-state index is 0. The number of rotatable bonds is 2. The summed E-state index contributed by atoms with van der Waals surface area (Å²) in [5.74, 6) is -5.19. The molecule has 128 valence electrons. The molecule has 0 aliphatic carbocycles. The second kappa shape index (κ2) is 8.42. The lowest BCUT2D eigenvalue weighted by Gasteiger charge is -2.14. The van der Waals surface area contributed by atoms with Gasteiger partial charge in [0.2, 0.25) is 0 Å². The Balaban J connectivity index is -0.000000116. The van der Waals surface area contributed by atoms with Crippen LogP contribution in [-0.4, -0.2) is 31.1 Å². The zero-order chi connectivity index (χ0) is 15.4. The molecule has 0 amide bonds. The molecule has 1 nitrogen and oxygen atoms in total. The summed E-state index contributed by atoms with van der Waals surface area (Å²) in [6, 6.07) is 0. The van der Waals surface area contributed by atoms with E-state index in [1.807, 2.05) is 0 Å². The first-order valence-corrected chi connectivity index (χ1v) is 3.37. The molecule has 0 aliphatic heterocycles. The maximum absolute atomic E-state index is 11.2. The van der Waals surface area contributed by atoms with Crippen molar-refractivity contribution >= 4 is 0 Å². The van der Waals surface area contributed by atoms with Crippen molar-refractivity contribution in [2.45, 2.75) is 39.2 Å². The van der Waals surface area contributed by atoms with Crippen LogP contribution in [0, 0.1) is 0 Å². The van der Waals surface area contributed by atoms with Crippen LogP contribution < -0.4 is 0 Å². The fourth-order valence-electron chi connectivity index (χ4n) is 0.120. The van der Waals surface area contributed by atoms with Crippen molar-refractivity contribution in [2.75, 3.05) is 6.67 Å². The van der Waals surface area contributed by atoms with E-state index in [-0.39, 0.29) is 14.9 Å². The van der Waals surface area contributed by atoms with E-state index in [0.717, 1.165) is 0 Å². The number of alkyl halides is 11. The SMILES string of the molecule is C.C.FCC(F)(F)C(F)(F)F.FOC(F)(F)C(F)(F)F. The number of hydrogen-bond donors (Lipinski definition) is 0. The molecule has 0 aromatic rings. The zero-order valence-corrected chi connectivity index (χ0v) is 7.65. The maximum Gasteiger partial charge on any atom is 0.485 e. The molecule has 0 atom stereocenters. The molecule has 0 unspecified atom stereocenters. The predicted molar refractivity (Wildman–Crippen MR) is 43.6 cm³/mol. The van der Waals surface area contributed by atoms with Crippen molar-refractivity contribution in [1.29, 1.82) is 0 Å². The van der Waals surface area contributed by atoms with Gasteiger partial charge in [-0.05, 0) is 4.53 Å². The Kier molecular flexibility index (Phi) is 11.6. The fraction of sp³-hybridized carbons (Fsp3) is 1.00. The van der Waals surface area contributed by atoms with Crippen molar-refractivity contribution in [1.82, 2.24) is 0 Å². The lowest BCUT2D eigenvalue weighted by molar-refractivity contribution is -0.453. The normalized spacial score (nSPS) is 12.6. The van der Waals surface area contributed by atoms with Gasteiger partial charge in [0, 0.05) is 0 Å². The van der Waals surface area contributed by atoms with E-state index < -0.39 is 31.1 Å². The molecule has 0 heterocycles. The van der Waals surface area contributed by atoms with E-state index in [0.29, 0.717) is 0 Å². The standard InChI is InChI=1S/C3H2F6.C2F6O.2CH4/c4-1-2(5,6)3(7,8)9;3-1(4,5)2(6,7)9-8;;/h1H2;;2*1H4. The summed E-state index contributed by atoms with van der Waals surface area (Å²) >= 11 is 0. The van der Waals surface area contributed by atoms with Gasteiger partial charge < -0.3 is 0 Å². The lowest BCUT2D eigenvalue weighted by atomic mass is 10.4. The molecule has 13 heteroatoms. The quantitative estimate of drug-likeness (QED) is 0.607. The van der Waals surface area contributed by atoms with Gasteiger partial charge >= 0.3 is 24.4 Å². The smallest absolute Gasteiger partial charge is 0.244 e. The van der Waals surface area contributed by atoms with Gasteiger partial charge in [0.1, 0.15) is 0 Å². The zero-order valence-electron chi connectivity index (χ0n) is 7.65.